The second-order valence-electron chi connectivity index (χ2n) is 10.0. The third kappa shape index (κ3) is 5.96. The summed E-state index contributed by atoms with van der Waals surface area (Å²) in [5.74, 6) is 0.398. The van der Waals surface area contributed by atoms with Gasteiger partial charge in [0.25, 0.3) is 0 Å². The number of halogens is 1. The number of likely N-dealkylation sites (tertiary alicyclic amines) is 2. The molecule has 1 atom stereocenters. The zero-order valence-electron chi connectivity index (χ0n) is 20.1. The number of rotatable bonds is 3. The quantitative estimate of drug-likeness (QED) is 0.752. The first-order chi connectivity index (χ1) is 15.9. The molecule has 182 valence electrons. The smallest absolute Gasteiger partial charge is 0.321 e. The van der Waals surface area contributed by atoms with E-state index < -0.39 is 0 Å². The van der Waals surface area contributed by atoms with Crippen molar-refractivity contribution in [3.63, 3.8) is 0 Å². The lowest BCUT2D eigenvalue weighted by Gasteiger charge is -2.37. The molecule has 3 fully saturated rings. The minimum atomic E-state index is -0.316. The molecule has 1 aromatic carbocycles. The van der Waals surface area contributed by atoms with Gasteiger partial charge < -0.3 is 24.9 Å². The van der Waals surface area contributed by atoms with Crippen molar-refractivity contribution in [2.24, 2.45) is 11.8 Å². The van der Waals surface area contributed by atoms with Crippen molar-refractivity contribution in [1.82, 2.24) is 14.7 Å². The molecule has 0 unspecified atom stereocenters. The molecule has 0 saturated carbocycles. The van der Waals surface area contributed by atoms with Crippen molar-refractivity contribution in [3.8, 4) is 0 Å². The molecule has 0 spiro atoms. The number of nitrogens with one attached hydrogen (secondary N) is 1. The Hall–Kier alpha value is -2.35. The molecule has 3 aliphatic heterocycles. The molecular weight excluding hydrogens is 421 g/mol. The van der Waals surface area contributed by atoms with Crippen LogP contribution in [0.3, 0.4) is 0 Å². The van der Waals surface area contributed by atoms with Gasteiger partial charge in [-0.15, -0.1) is 0 Å². The largest absolute Gasteiger partial charge is 0.368 e. The number of hydrogen-bond acceptors (Lipinski definition) is 4. The fraction of sp³-hybridized carbons (Fsp3) is 0.680. The number of hydrogen-bond donors (Lipinski definition) is 1. The van der Waals surface area contributed by atoms with Crippen LogP contribution in [0, 0.1) is 17.7 Å². The van der Waals surface area contributed by atoms with E-state index in [0.717, 1.165) is 71.4 Å². The fourth-order valence-electron chi connectivity index (χ4n) is 5.18. The van der Waals surface area contributed by atoms with Gasteiger partial charge in [0.05, 0.1) is 11.6 Å². The number of amides is 3. The standard InChI is InChI=1S/C25H38FN5O2/c1-19-8-13-30(14-9-19)24(32)20-5-3-11-31(18-20)25(33)27-21-6-7-23(22(26)17-21)29-12-4-10-28(2)15-16-29/h6-7,17,19-20H,3-5,8-16,18H2,1-2H3,(H,27,33)/t20-/m1/s1. The average Bonchev–Trinajstić information content (AvgIpc) is 3.03. The summed E-state index contributed by atoms with van der Waals surface area (Å²) in [7, 11) is 2.09. The van der Waals surface area contributed by atoms with Gasteiger partial charge in [-0.05, 0) is 69.8 Å². The maximum Gasteiger partial charge on any atom is 0.321 e. The summed E-state index contributed by atoms with van der Waals surface area (Å²) in [6, 6.07) is 4.68. The molecule has 8 heteroatoms. The molecule has 1 aromatic rings. The molecule has 0 bridgehead atoms. The van der Waals surface area contributed by atoms with Crippen LogP contribution in [0.5, 0.6) is 0 Å². The van der Waals surface area contributed by atoms with Crippen LogP contribution < -0.4 is 10.2 Å². The summed E-state index contributed by atoms with van der Waals surface area (Å²) in [4.78, 5) is 33.9. The van der Waals surface area contributed by atoms with Crippen molar-refractivity contribution in [2.75, 3.05) is 69.6 Å². The zero-order valence-corrected chi connectivity index (χ0v) is 20.1. The van der Waals surface area contributed by atoms with Crippen molar-refractivity contribution >= 4 is 23.3 Å². The number of carbonyl (C=O) groups is 2. The molecule has 3 aliphatic rings. The highest BCUT2D eigenvalue weighted by Gasteiger charge is 2.32. The highest BCUT2D eigenvalue weighted by Crippen LogP contribution is 2.26. The van der Waals surface area contributed by atoms with Crippen molar-refractivity contribution in [1.29, 1.82) is 0 Å². The molecule has 3 amide bonds. The van der Waals surface area contributed by atoms with Crippen molar-refractivity contribution in [2.45, 2.75) is 39.0 Å². The van der Waals surface area contributed by atoms with Crippen LogP contribution in [0.2, 0.25) is 0 Å². The lowest BCUT2D eigenvalue weighted by atomic mass is 9.93. The number of urea groups is 1. The maximum atomic E-state index is 14.9. The Balaban J connectivity index is 1.33. The Morgan fingerprint density at radius 3 is 2.48 bits per heavy atom. The Morgan fingerprint density at radius 2 is 1.73 bits per heavy atom. The number of likely N-dealkylation sites (N-methyl/N-ethyl adjacent to an activating group) is 1. The van der Waals surface area contributed by atoms with Gasteiger partial charge >= 0.3 is 6.03 Å². The first-order valence-electron chi connectivity index (χ1n) is 12.5. The lowest BCUT2D eigenvalue weighted by Crippen LogP contribution is -2.49. The van der Waals surface area contributed by atoms with Crippen LogP contribution in [0.1, 0.15) is 39.0 Å². The summed E-state index contributed by atoms with van der Waals surface area (Å²) < 4.78 is 14.9. The van der Waals surface area contributed by atoms with Crippen molar-refractivity contribution < 1.29 is 14.0 Å². The Morgan fingerprint density at radius 1 is 0.939 bits per heavy atom. The van der Waals surface area contributed by atoms with E-state index in [1.807, 2.05) is 4.90 Å². The fourth-order valence-corrected chi connectivity index (χ4v) is 5.18. The molecule has 0 aliphatic carbocycles. The summed E-state index contributed by atoms with van der Waals surface area (Å²) in [5.41, 5.74) is 1.04. The normalized spacial score (nSPS) is 23.4. The van der Waals surface area contributed by atoms with Gasteiger partial charge in [-0.25, -0.2) is 9.18 Å². The van der Waals surface area contributed by atoms with Gasteiger partial charge in [0.15, 0.2) is 0 Å². The Bertz CT molecular complexity index is 842. The van der Waals surface area contributed by atoms with E-state index in [1.54, 1.807) is 17.0 Å². The van der Waals surface area contributed by atoms with E-state index in [4.69, 9.17) is 0 Å². The number of nitrogens with zero attached hydrogens (tertiary/aromatic N) is 4. The summed E-state index contributed by atoms with van der Waals surface area (Å²) in [6.07, 6.45) is 4.74. The van der Waals surface area contributed by atoms with Gasteiger partial charge in [-0.1, -0.05) is 6.92 Å². The van der Waals surface area contributed by atoms with Gasteiger partial charge in [-0.2, -0.15) is 0 Å². The van der Waals surface area contributed by atoms with Gasteiger partial charge in [-0.3, -0.25) is 4.79 Å². The van der Waals surface area contributed by atoms with E-state index in [-0.39, 0.29) is 23.7 Å². The van der Waals surface area contributed by atoms with Crippen LogP contribution in [0.25, 0.3) is 0 Å². The van der Waals surface area contributed by atoms with E-state index in [2.05, 4.69) is 29.1 Å². The maximum absolute atomic E-state index is 14.9. The summed E-state index contributed by atoms with van der Waals surface area (Å²) in [5, 5.41) is 2.84. The van der Waals surface area contributed by atoms with Crippen LogP contribution in [-0.4, -0.2) is 86.0 Å². The minimum Gasteiger partial charge on any atom is -0.368 e. The zero-order chi connectivity index (χ0) is 23.4. The molecule has 33 heavy (non-hydrogen) atoms. The topological polar surface area (TPSA) is 59.1 Å². The van der Waals surface area contributed by atoms with Crippen LogP contribution in [0.15, 0.2) is 18.2 Å². The third-order valence-corrected chi connectivity index (χ3v) is 7.41. The number of carbonyl (C=O) groups excluding carboxylic acids is 2. The molecule has 1 N–H and O–H groups in total. The van der Waals surface area contributed by atoms with E-state index in [0.29, 0.717) is 30.4 Å². The predicted molar refractivity (Wildman–Crippen MR) is 129 cm³/mol. The predicted octanol–water partition coefficient (Wildman–Crippen LogP) is 3.47. The molecule has 0 radical (unpaired) electrons. The van der Waals surface area contributed by atoms with Crippen LogP contribution in [0.4, 0.5) is 20.6 Å². The molecule has 0 aromatic heterocycles. The average molecular weight is 460 g/mol. The third-order valence-electron chi connectivity index (χ3n) is 7.41. The summed E-state index contributed by atoms with van der Waals surface area (Å²) >= 11 is 0. The number of benzene rings is 1. The molecule has 7 nitrogen and oxygen atoms in total. The molecule has 3 saturated heterocycles. The van der Waals surface area contributed by atoms with E-state index in [9.17, 15) is 14.0 Å². The van der Waals surface area contributed by atoms with Gasteiger partial charge in [0.1, 0.15) is 5.82 Å². The Labute approximate surface area is 196 Å². The van der Waals surface area contributed by atoms with Gasteiger partial charge in [0.2, 0.25) is 5.91 Å². The van der Waals surface area contributed by atoms with Crippen molar-refractivity contribution in [3.05, 3.63) is 24.0 Å². The van der Waals surface area contributed by atoms with E-state index in [1.165, 1.54) is 6.07 Å². The van der Waals surface area contributed by atoms with E-state index >= 15 is 0 Å². The van der Waals surface area contributed by atoms with Crippen LogP contribution >= 0.6 is 0 Å². The highest BCUT2D eigenvalue weighted by atomic mass is 19.1. The summed E-state index contributed by atoms with van der Waals surface area (Å²) in [6.45, 7) is 8.46. The van der Waals surface area contributed by atoms with Crippen LogP contribution in [-0.2, 0) is 4.79 Å². The Kier molecular flexibility index (Phi) is 7.73. The second-order valence-corrected chi connectivity index (χ2v) is 10.0. The first kappa shape index (κ1) is 23.8. The minimum absolute atomic E-state index is 0.141. The molecular formula is C25H38FN5O2. The number of piperidine rings is 2. The number of anilines is 2. The second kappa shape index (κ2) is 10.7. The SMILES string of the molecule is CC1CCN(C(=O)[C@@H]2CCCN(C(=O)Nc3ccc(N4CCCN(C)CC4)c(F)c3)C2)CC1. The first-order valence-corrected chi connectivity index (χ1v) is 12.5. The van der Waals surface area contributed by atoms with Gasteiger partial charge in [0, 0.05) is 51.5 Å². The highest BCUT2D eigenvalue weighted by molar-refractivity contribution is 5.90. The molecule has 3 heterocycles. The monoisotopic (exact) mass is 459 g/mol. The lowest BCUT2D eigenvalue weighted by molar-refractivity contribution is -0.138. The molecule has 4 rings (SSSR count).